The van der Waals surface area contributed by atoms with E-state index in [4.69, 9.17) is 9.72 Å². The van der Waals surface area contributed by atoms with E-state index in [1.165, 1.54) is 0 Å². The minimum atomic E-state index is -0.256. The molecular formula is C22H28N6O3. The number of nitrogens with one attached hydrogen (secondary N) is 1. The van der Waals surface area contributed by atoms with Crippen molar-refractivity contribution in [1.29, 1.82) is 0 Å². The number of aromatic hydroxyl groups is 1. The predicted molar refractivity (Wildman–Crippen MR) is 117 cm³/mol. The molecule has 0 aliphatic carbocycles. The Labute approximate surface area is 181 Å². The zero-order chi connectivity index (χ0) is 22.0. The van der Waals surface area contributed by atoms with Crippen molar-refractivity contribution < 1.29 is 14.6 Å². The monoisotopic (exact) mass is 424 g/mol. The Balaban J connectivity index is 1.59. The molecule has 0 unspecified atom stereocenters. The fourth-order valence-corrected chi connectivity index (χ4v) is 3.87. The van der Waals surface area contributed by atoms with Crippen LogP contribution in [0.2, 0.25) is 0 Å². The molecular weight excluding hydrogens is 396 g/mol. The van der Waals surface area contributed by atoms with Crippen LogP contribution < -0.4 is 5.32 Å². The highest BCUT2D eigenvalue weighted by molar-refractivity contribution is 5.78. The molecule has 1 aliphatic heterocycles. The summed E-state index contributed by atoms with van der Waals surface area (Å²) in [5, 5.41) is 13.8. The standard InChI is InChI=1S/C22H28N6O3/c1-4-31-22(30)27-11-8-16(9-12-27)25-21-26-19-14(2)7-10-23-20(19)28(21)13-17-18(29)6-5-15(3)24-17/h5-7,10,16,29H,4,8-9,11-13H2,1-3H3,(H,25,26). The van der Waals surface area contributed by atoms with Gasteiger partial charge in [0.15, 0.2) is 5.65 Å². The lowest BCUT2D eigenvalue weighted by atomic mass is 10.1. The van der Waals surface area contributed by atoms with E-state index in [9.17, 15) is 9.90 Å². The van der Waals surface area contributed by atoms with Crippen molar-refractivity contribution in [1.82, 2.24) is 24.4 Å². The molecule has 1 fully saturated rings. The Hall–Kier alpha value is -3.36. The number of carbonyl (C=O) groups is 1. The number of imidazole rings is 1. The van der Waals surface area contributed by atoms with Crippen molar-refractivity contribution in [2.24, 2.45) is 0 Å². The Morgan fingerprint density at radius 3 is 2.74 bits per heavy atom. The van der Waals surface area contributed by atoms with Gasteiger partial charge in [-0.05, 0) is 57.4 Å². The molecule has 0 spiro atoms. The summed E-state index contributed by atoms with van der Waals surface area (Å²) in [6, 6.07) is 5.54. The first-order valence-corrected chi connectivity index (χ1v) is 10.6. The van der Waals surface area contributed by atoms with Crippen molar-refractivity contribution in [3.8, 4) is 5.75 Å². The Bertz CT molecular complexity index is 1090. The summed E-state index contributed by atoms with van der Waals surface area (Å²) in [4.78, 5) is 27.6. The van der Waals surface area contributed by atoms with Gasteiger partial charge in [-0.2, -0.15) is 0 Å². The van der Waals surface area contributed by atoms with Crippen LogP contribution in [0.5, 0.6) is 5.75 Å². The largest absolute Gasteiger partial charge is 0.506 e. The van der Waals surface area contributed by atoms with Gasteiger partial charge < -0.3 is 20.1 Å². The number of aryl methyl sites for hydroxylation is 2. The molecule has 2 N–H and O–H groups in total. The summed E-state index contributed by atoms with van der Waals surface area (Å²) in [7, 11) is 0. The number of rotatable bonds is 5. The van der Waals surface area contributed by atoms with E-state index in [1.807, 2.05) is 31.4 Å². The molecule has 3 aromatic heterocycles. The van der Waals surface area contributed by atoms with Crippen LogP contribution in [0, 0.1) is 13.8 Å². The number of amides is 1. The third-order valence-corrected chi connectivity index (χ3v) is 5.59. The van der Waals surface area contributed by atoms with Crippen LogP contribution in [0.4, 0.5) is 10.7 Å². The van der Waals surface area contributed by atoms with Gasteiger partial charge in [-0.25, -0.2) is 14.8 Å². The van der Waals surface area contributed by atoms with Gasteiger partial charge in [-0.15, -0.1) is 0 Å². The first-order chi connectivity index (χ1) is 15.0. The highest BCUT2D eigenvalue weighted by Crippen LogP contribution is 2.26. The lowest BCUT2D eigenvalue weighted by molar-refractivity contribution is 0.0983. The van der Waals surface area contributed by atoms with E-state index in [1.54, 1.807) is 23.2 Å². The molecule has 164 valence electrons. The zero-order valence-electron chi connectivity index (χ0n) is 18.1. The third-order valence-electron chi connectivity index (χ3n) is 5.59. The van der Waals surface area contributed by atoms with Crippen molar-refractivity contribution in [3.63, 3.8) is 0 Å². The predicted octanol–water partition coefficient (Wildman–Crippen LogP) is 3.23. The van der Waals surface area contributed by atoms with Crippen LogP contribution in [0.1, 0.15) is 36.7 Å². The normalized spacial score (nSPS) is 14.7. The van der Waals surface area contributed by atoms with Crippen molar-refractivity contribution >= 4 is 23.2 Å². The zero-order valence-corrected chi connectivity index (χ0v) is 18.1. The summed E-state index contributed by atoms with van der Waals surface area (Å²) < 4.78 is 7.07. The Morgan fingerprint density at radius 2 is 2.00 bits per heavy atom. The molecule has 0 aromatic carbocycles. The number of nitrogens with zero attached hydrogens (tertiary/aromatic N) is 5. The molecule has 0 atom stereocenters. The molecule has 1 saturated heterocycles. The summed E-state index contributed by atoms with van der Waals surface area (Å²) >= 11 is 0. The number of piperidine rings is 1. The van der Waals surface area contributed by atoms with Gasteiger partial charge in [-0.3, -0.25) is 9.55 Å². The van der Waals surface area contributed by atoms with Crippen LogP contribution in [-0.2, 0) is 11.3 Å². The second-order valence-corrected chi connectivity index (χ2v) is 7.84. The molecule has 3 aromatic rings. The summed E-state index contributed by atoms with van der Waals surface area (Å²) in [6.07, 6.45) is 3.10. The van der Waals surface area contributed by atoms with E-state index in [0.717, 1.165) is 35.3 Å². The number of likely N-dealkylation sites (tertiary alicyclic amines) is 1. The first-order valence-electron chi connectivity index (χ1n) is 10.6. The number of anilines is 1. The van der Waals surface area contributed by atoms with Crippen LogP contribution >= 0.6 is 0 Å². The van der Waals surface area contributed by atoms with Gasteiger partial charge >= 0.3 is 6.09 Å². The Kier molecular flexibility index (Phi) is 5.92. The molecule has 0 saturated carbocycles. The molecule has 1 aliphatic rings. The van der Waals surface area contributed by atoms with Gasteiger partial charge in [0.2, 0.25) is 5.95 Å². The molecule has 1 amide bonds. The highest BCUT2D eigenvalue weighted by atomic mass is 16.6. The highest BCUT2D eigenvalue weighted by Gasteiger charge is 2.25. The molecule has 4 heterocycles. The van der Waals surface area contributed by atoms with E-state index >= 15 is 0 Å². The molecule has 31 heavy (non-hydrogen) atoms. The van der Waals surface area contributed by atoms with E-state index < -0.39 is 0 Å². The molecule has 9 nitrogen and oxygen atoms in total. The van der Waals surface area contributed by atoms with Gasteiger partial charge in [0, 0.05) is 31.0 Å². The number of fused-ring (bicyclic) bond motifs is 1. The molecule has 0 radical (unpaired) electrons. The van der Waals surface area contributed by atoms with E-state index in [-0.39, 0.29) is 17.9 Å². The molecule has 0 bridgehead atoms. The minimum absolute atomic E-state index is 0.147. The number of carbonyl (C=O) groups excluding carboxylic acids is 1. The summed E-state index contributed by atoms with van der Waals surface area (Å²) in [5.74, 6) is 0.836. The average molecular weight is 425 g/mol. The lowest BCUT2D eigenvalue weighted by Gasteiger charge is -2.31. The van der Waals surface area contributed by atoms with Crippen LogP contribution in [0.3, 0.4) is 0 Å². The maximum Gasteiger partial charge on any atom is 0.409 e. The second kappa shape index (κ2) is 8.79. The molecule has 4 rings (SSSR count). The average Bonchev–Trinajstić information content (AvgIpc) is 3.10. The number of aromatic nitrogens is 4. The summed E-state index contributed by atoms with van der Waals surface area (Å²) in [5.41, 5.74) is 4.01. The van der Waals surface area contributed by atoms with Crippen LogP contribution in [-0.4, -0.2) is 61.4 Å². The Morgan fingerprint density at radius 1 is 1.23 bits per heavy atom. The maximum atomic E-state index is 12.0. The third kappa shape index (κ3) is 4.40. The lowest BCUT2D eigenvalue weighted by Crippen LogP contribution is -2.42. The van der Waals surface area contributed by atoms with E-state index in [0.29, 0.717) is 37.9 Å². The number of hydrogen-bond donors (Lipinski definition) is 2. The fraction of sp³-hybridized carbons (Fsp3) is 0.455. The van der Waals surface area contributed by atoms with Crippen LogP contribution in [0.25, 0.3) is 11.2 Å². The van der Waals surface area contributed by atoms with Crippen LogP contribution in [0.15, 0.2) is 24.4 Å². The quantitative estimate of drug-likeness (QED) is 0.648. The van der Waals surface area contributed by atoms with Gasteiger partial charge in [0.05, 0.1) is 13.2 Å². The minimum Gasteiger partial charge on any atom is -0.506 e. The second-order valence-electron chi connectivity index (χ2n) is 7.84. The first kappa shape index (κ1) is 20.9. The fourth-order valence-electron chi connectivity index (χ4n) is 3.87. The molecule has 9 heteroatoms. The number of hydrogen-bond acceptors (Lipinski definition) is 7. The number of pyridine rings is 2. The van der Waals surface area contributed by atoms with Crippen molar-refractivity contribution in [3.05, 3.63) is 41.3 Å². The topological polar surface area (TPSA) is 105 Å². The maximum absolute atomic E-state index is 12.0. The van der Waals surface area contributed by atoms with Crippen molar-refractivity contribution in [2.45, 2.75) is 46.2 Å². The van der Waals surface area contributed by atoms with Gasteiger partial charge in [-0.1, -0.05) is 0 Å². The smallest absolute Gasteiger partial charge is 0.409 e. The number of ether oxygens (including phenoxy) is 1. The van der Waals surface area contributed by atoms with Gasteiger partial charge in [0.1, 0.15) is 17.0 Å². The SMILES string of the molecule is CCOC(=O)N1CCC(Nc2nc3c(C)ccnc3n2Cc2nc(C)ccc2O)CC1. The summed E-state index contributed by atoms with van der Waals surface area (Å²) in [6.45, 7) is 7.72. The van der Waals surface area contributed by atoms with Crippen molar-refractivity contribution in [2.75, 3.05) is 25.0 Å². The van der Waals surface area contributed by atoms with E-state index in [2.05, 4.69) is 15.3 Å². The van der Waals surface area contributed by atoms with Gasteiger partial charge in [0.25, 0.3) is 0 Å².